The van der Waals surface area contributed by atoms with Gasteiger partial charge in [-0.1, -0.05) is 0 Å². The van der Waals surface area contributed by atoms with Crippen LogP contribution in [0.1, 0.15) is 33.3 Å². The number of methoxy groups -OCH3 is 1. The van der Waals surface area contributed by atoms with Gasteiger partial charge < -0.3 is 24.4 Å². The van der Waals surface area contributed by atoms with Crippen LogP contribution in [0.25, 0.3) is 11.0 Å². The number of benzene rings is 2. The fourth-order valence-electron chi connectivity index (χ4n) is 3.40. The van der Waals surface area contributed by atoms with Crippen LogP contribution in [-0.2, 0) is 7.05 Å². The zero-order chi connectivity index (χ0) is 19.9. The Balaban J connectivity index is 2.04. The molecule has 0 aliphatic carbocycles. The third kappa shape index (κ3) is 3.21. The number of ether oxygens (including phenoxy) is 1. The second-order valence-corrected chi connectivity index (χ2v) is 6.64. The average molecular weight is 369 g/mol. The lowest BCUT2D eigenvalue weighted by atomic mass is 10.0. The molecule has 0 aliphatic heterocycles. The lowest BCUT2D eigenvalue weighted by Gasteiger charge is -2.27. The first-order chi connectivity index (χ1) is 12.7. The van der Waals surface area contributed by atoms with Crippen LogP contribution < -0.4 is 9.64 Å². The zero-order valence-corrected chi connectivity index (χ0v) is 16.0. The van der Waals surface area contributed by atoms with Gasteiger partial charge in [-0.3, -0.25) is 0 Å². The number of anilines is 1. The van der Waals surface area contributed by atoms with Crippen molar-refractivity contribution in [2.75, 3.05) is 19.1 Å². The van der Waals surface area contributed by atoms with E-state index < -0.39 is 12.2 Å². The van der Waals surface area contributed by atoms with Crippen LogP contribution >= 0.6 is 0 Å². The van der Waals surface area contributed by atoms with E-state index >= 15 is 0 Å². The topological polar surface area (TPSA) is 87.8 Å². The first kappa shape index (κ1) is 18.7. The van der Waals surface area contributed by atoms with E-state index in [-0.39, 0.29) is 5.56 Å². The second-order valence-electron chi connectivity index (χ2n) is 6.64. The minimum Gasteiger partial charge on any atom is -0.497 e. The number of carboxylic acids is 1. The summed E-state index contributed by atoms with van der Waals surface area (Å²) in [6.07, 6.45) is -0.912. The smallest absolute Gasteiger partial charge is 0.335 e. The lowest BCUT2D eigenvalue weighted by Crippen LogP contribution is -2.27. The number of carboxylic acid groups (broad SMARTS) is 1. The number of aliphatic hydroxyl groups excluding tert-OH is 1. The van der Waals surface area contributed by atoms with Crippen LogP contribution in [0.2, 0.25) is 0 Å². The van der Waals surface area contributed by atoms with Gasteiger partial charge in [0.1, 0.15) is 5.75 Å². The molecule has 7 nitrogen and oxygen atoms in total. The van der Waals surface area contributed by atoms with E-state index in [2.05, 4.69) is 4.98 Å². The predicted octanol–water partition coefficient (Wildman–Crippen LogP) is 3.02. The molecule has 0 saturated carbocycles. The average Bonchev–Trinajstić information content (AvgIpc) is 2.96. The van der Waals surface area contributed by atoms with E-state index in [9.17, 15) is 15.0 Å². The van der Waals surface area contributed by atoms with E-state index in [1.165, 1.54) is 6.07 Å². The van der Waals surface area contributed by atoms with Crippen LogP contribution in [0.5, 0.6) is 5.75 Å². The maximum atomic E-state index is 11.2. The molecule has 0 radical (unpaired) electrons. The summed E-state index contributed by atoms with van der Waals surface area (Å²) in [5.41, 5.74) is 4.15. The third-order valence-corrected chi connectivity index (χ3v) is 4.85. The number of aryl methyl sites for hydroxylation is 3. The Kier molecular flexibility index (Phi) is 4.80. The summed E-state index contributed by atoms with van der Waals surface area (Å²) in [6, 6.07) is 8.57. The molecule has 1 heterocycles. The molecule has 3 rings (SSSR count). The monoisotopic (exact) mass is 369 g/mol. The molecule has 7 heteroatoms. The molecule has 0 bridgehead atoms. The Labute approximate surface area is 157 Å². The van der Waals surface area contributed by atoms with Crippen molar-refractivity contribution < 1.29 is 19.7 Å². The predicted molar refractivity (Wildman–Crippen MR) is 104 cm³/mol. The quantitative estimate of drug-likeness (QED) is 0.672. The SMILES string of the molecule is COc1cc(C)c(C(O)N(C)c2nc3cc(C(=O)O)ccc3n2C)c(C)c1. The third-order valence-electron chi connectivity index (χ3n) is 4.85. The van der Waals surface area contributed by atoms with Gasteiger partial charge in [0.2, 0.25) is 5.95 Å². The number of hydrogen-bond acceptors (Lipinski definition) is 5. The molecule has 3 aromatic rings. The summed E-state index contributed by atoms with van der Waals surface area (Å²) in [5.74, 6) is 0.282. The van der Waals surface area contributed by atoms with Crippen molar-refractivity contribution in [3.05, 3.63) is 52.6 Å². The molecule has 0 aliphatic rings. The molecule has 1 unspecified atom stereocenters. The van der Waals surface area contributed by atoms with Crippen molar-refractivity contribution in [2.45, 2.75) is 20.1 Å². The van der Waals surface area contributed by atoms with E-state index in [0.717, 1.165) is 28.0 Å². The van der Waals surface area contributed by atoms with E-state index in [4.69, 9.17) is 4.74 Å². The zero-order valence-electron chi connectivity index (χ0n) is 16.0. The fourth-order valence-corrected chi connectivity index (χ4v) is 3.40. The summed E-state index contributed by atoms with van der Waals surface area (Å²) in [7, 11) is 5.20. The van der Waals surface area contributed by atoms with Crippen LogP contribution in [0.4, 0.5) is 5.95 Å². The number of aliphatic hydroxyl groups is 1. The van der Waals surface area contributed by atoms with Gasteiger partial charge in [0, 0.05) is 19.7 Å². The molecular weight excluding hydrogens is 346 g/mol. The number of hydrogen-bond donors (Lipinski definition) is 2. The summed E-state index contributed by atoms with van der Waals surface area (Å²) in [5, 5.41) is 20.2. The van der Waals surface area contributed by atoms with Gasteiger partial charge in [0.05, 0.1) is 23.7 Å². The highest BCUT2D eigenvalue weighted by atomic mass is 16.5. The van der Waals surface area contributed by atoms with Crippen molar-refractivity contribution in [1.29, 1.82) is 0 Å². The van der Waals surface area contributed by atoms with Crippen molar-refractivity contribution in [1.82, 2.24) is 9.55 Å². The van der Waals surface area contributed by atoms with Crippen LogP contribution in [-0.4, -0.2) is 39.9 Å². The Bertz CT molecular complexity index is 1000. The molecule has 0 fully saturated rings. The molecule has 1 atom stereocenters. The number of nitrogens with zero attached hydrogens (tertiary/aromatic N) is 3. The number of carbonyl (C=O) groups is 1. The van der Waals surface area contributed by atoms with Gasteiger partial charge in [-0.15, -0.1) is 0 Å². The molecular formula is C20H23N3O4. The van der Waals surface area contributed by atoms with Crippen molar-refractivity contribution in [3.8, 4) is 5.75 Å². The second kappa shape index (κ2) is 6.92. The summed E-state index contributed by atoms with van der Waals surface area (Å²) < 4.78 is 7.12. The highest BCUT2D eigenvalue weighted by Gasteiger charge is 2.23. The summed E-state index contributed by atoms with van der Waals surface area (Å²) >= 11 is 0. The first-order valence-electron chi connectivity index (χ1n) is 8.50. The van der Waals surface area contributed by atoms with Gasteiger partial charge in [-0.05, 0) is 55.3 Å². The van der Waals surface area contributed by atoms with Gasteiger partial charge in [-0.25, -0.2) is 9.78 Å². The number of aromatic carboxylic acids is 1. The molecule has 27 heavy (non-hydrogen) atoms. The molecule has 1 aromatic heterocycles. The lowest BCUT2D eigenvalue weighted by molar-refractivity contribution is 0.0697. The van der Waals surface area contributed by atoms with Crippen LogP contribution in [0, 0.1) is 13.8 Å². The standard InChI is InChI=1S/C20H23N3O4/c1-11-8-14(27-5)9-12(2)17(11)18(24)23(4)20-21-15-10-13(19(25)26)6-7-16(15)22(20)3/h6-10,18,24H,1-5H3,(H,25,26). The number of fused-ring (bicyclic) bond motifs is 1. The Hall–Kier alpha value is -3.06. The molecule has 0 amide bonds. The van der Waals surface area contributed by atoms with Gasteiger partial charge in [-0.2, -0.15) is 0 Å². The summed E-state index contributed by atoms with van der Waals surface area (Å²) in [4.78, 5) is 17.4. The van der Waals surface area contributed by atoms with Crippen molar-refractivity contribution >= 4 is 23.0 Å². The molecule has 0 spiro atoms. The minimum atomic E-state index is -0.998. The number of rotatable bonds is 5. The Morgan fingerprint density at radius 3 is 2.41 bits per heavy atom. The largest absolute Gasteiger partial charge is 0.497 e. The van der Waals surface area contributed by atoms with Gasteiger partial charge >= 0.3 is 5.97 Å². The highest BCUT2D eigenvalue weighted by Crippen LogP contribution is 2.32. The molecule has 2 N–H and O–H groups in total. The Morgan fingerprint density at radius 1 is 1.22 bits per heavy atom. The highest BCUT2D eigenvalue weighted by molar-refractivity contribution is 5.93. The van der Waals surface area contributed by atoms with Gasteiger partial charge in [0.15, 0.2) is 6.23 Å². The first-order valence-corrected chi connectivity index (χ1v) is 8.50. The van der Waals surface area contributed by atoms with Crippen LogP contribution in [0.15, 0.2) is 30.3 Å². The summed E-state index contributed by atoms with van der Waals surface area (Å²) in [6.45, 7) is 3.85. The number of imidazole rings is 1. The maximum Gasteiger partial charge on any atom is 0.335 e. The number of aromatic nitrogens is 2. The van der Waals surface area contributed by atoms with Gasteiger partial charge in [0.25, 0.3) is 0 Å². The normalized spacial score (nSPS) is 12.2. The Morgan fingerprint density at radius 2 is 1.85 bits per heavy atom. The molecule has 142 valence electrons. The van der Waals surface area contributed by atoms with E-state index in [1.807, 2.05) is 37.6 Å². The fraction of sp³-hybridized carbons (Fsp3) is 0.300. The van der Waals surface area contributed by atoms with E-state index in [0.29, 0.717) is 11.5 Å². The molecule has 2 aromatic carbocycles. The van der Waals surface area contributed by atoms with Crippen molar-refractivity contribution in [3.63, 3.8) is 0 Å². The van der Waals surface area contributed by atoms with E-state index in [1.54, 1.807) is 31.2 Å². The molecule has 0 saturated heterocycles. The van der Waals surface area contributed by atoms with Crippen LogP contribution in [0.3, 0.4) is 0 Å². The minimum absolute atomic E-state index is 0.178. The maximum absolute atomic E-state index is 11.2. The van der Waals surface area contributed by atoms with Crippen molar-refractivity contribution in [2.24, 2.45) is 7.05 Å².